The van der Waals surface area contributed by atoms with Crippen LogP contribution in [-0.2, 0) is 14.6 Å². The molecule has 1 aromatic carbocycles. The molecule has 3 heterocycles. The number of rotatable bonds is 4. The van der Waals surface area contributed by atoms with E-state index in [1.54, 1.807) is 18.3 Å². The predicted octanol–water partition coefficient (Wildman–Crippen LogP) is 2.47. The van der Waals surface area contributed by atoms with Crippen molar-refractivity contribution >= 4 is 32.2 Å². The number of aromatic amines is 1. The summed E-state index contributed by atoms with van der Waals surface area (Å²) >= 11 is 0. The predicted molar refractivity (Wildman–Crippen MR) is 107 cm³/mol. The molecule has 0 amide bonds. The monoisotopic (exact) mass is 402 g/mol. The second kappa shape index (κ2) is 7.06. The largest absolute Gasteiger partial charge is 0.379 e. The molecule has 2 atom stereocenters. The molecular formula is C19H22N4O4S. The van der Waals surface area contributed by atoms with Gasteiger partial charge in [-0.05, 0) is 42.7 Å². The van der Waals surface area contributed by atoms with Crippen LogP contribution in [0.2, 0.25) is 0 Å². The molecule has 9 heteroatoms. The van der Waals surface area contributed by atoms with E-state index in [1.807, 2.05) is 10.7 Å². The Kier molecular flexibility index (Phi) is 4.72. The van der Waals surface area contributed by atoms with Crippen molar-refractivity contribution in [3.05, 3.63) is 46.9 Å². The summed E-state index contributed by atoms with van der Waals surface area (Å²) in [6, 6.07) is 8.25. The third-order valence-corrected chi connectivity index (χ3v) is 6.28. The molecule has 0 radical (unpaired) electrons. The zero-order chi connectivity index (χ0) is 19.9. The molecule has 4 rings (SSSR count). The first-order valence-corrected chi connectivity index (χ1v) is 11.0. The molecule has 8 nitrogen and oxygen atoms in total. The number of sulfone groups is 1. The fourth-order valence-corrected chi connectivity index (χ4v) is 4.13. The lowest BCUT2D eigenvalue weighted by Crippen LogP contribution is -2.29. The third kappa shape index (κ3) is 3.43. The standard InChI is InChI=1S/C19H22N4O4S/c1-12-8-10-27-11-16(12)23-15-7-9-20-19(24)17(15)18(22-23)21-13-3-5-14(6-4-13)28(2,25)26/h3-7,9,12,16H,8,10-11H2,1-2H3,(H,20,24)(H,21,22)/t12-,16-/m0/s1. The fraction of sp³-hybridized carbons (Fsp3) is 0.368. The van der Waals surface area contributed by atoms with Crippen LogP contribution in [0.3, 0.4) is 0 Å². The highest BCUT2D eigenvalue weighted by atomic mass is 32.2. The quantitative estimate of drug-likeness (QED) is 0.694. The van der Waals surface area contributed by atoms with Crippen LogP contribution in [0.4, 0.5) is 11.5 Å². The maximum atomic E-state index is 12.5. The van der Waals surface area contributed by atoms with E-state index in [0.29, 0.717) is 29.4 Å². The van der Waals surface area contributed by atoms with Gasteiger partial charge < -0.3 is 15.0 Å². The molecule has 1 saturated heterocycles. The number of pyridine rings is 1. The van der Waals surface area contributed by atoms with E-state index in [1.165, 1.54) is 12.1 Å². The number of nitrogens with one attached hydrogen (secondary N) is 2. The topological polar surface area (TPSA) is 106 Å². The lowest BCUT2D eigenvalue weighted by Gasteiger charge is -2.29. The molecule has 0 aliphatic carbocycles. The molecular weight excluding hydrogens is 380 g/mol. The Labute approximate surface area is 162 Å². The Bertz CT molecular complexity index is 1160. The maximum absolute atomic E-state index is 12.5. The van der Waals surface area contributed by atoms with Crippen LogP contribution in [0.5, 0.6) is 0 Å². The van der Waals surface area contributed by atoms with Crippen molar-refractivity contribution in [2.24, 2.45) is 5.92 Å². The summed E-state index contributed by atoms with van der Waals surface area (Å²) in [5, 5.41) is 8.30. The van der Waals surface area contributed by atoms with Crippen LogP contribution in [0.15, 0.2) is 46.2 Å². The normalized spacial score (nSPS) is 20.4. The molecule has 1 fully saturated rings. The number of nitrogens with zero attached hydrogens (tertiary/aromatic N) is 2. The molecule has 0 unspecified atom stereocenters. The molecule has 0 bridgehead atoms. The Morgan fingerprint density at radius 1 is 1.25 bits per heavy atom. The average Bonchev–Trinajstić information content (AvgIpc) is 3.01. The number of aromatic nitrogens is 3. The van der Waals surface area contributed by atoms with E-state index in [2.05, 4.69) is 22.3 Å². The maximum Gasteiger partial charge on any atom is 0.261 e. The van der Waals surface area contributed by atoms with E-state index in [9.17, 15) is 13.2 Å². The lowest BCUT2D eigenvalue weighted by molar-refractivity contribution is 0.0255. The van der Waals surface area contributed by atoms with E-state index in [4.69, 9.17) is 4.74 Å². The Morgan fingerprint density at radius 2 is 2.00 bits per heavy atom. The molecule has 2 aromatic heterocycles. The third-order valence-electron chi connectivity index (χ3n) is 5.15. The molecule has 148 valence electrons. The van der Waals surface area contributed by atoms with Gasteiger partial charge in [-0.3, -0.25) is 9.48 Å². The van der Waals surface area contributed by atoms with Crippen LogP contribution >= 0.6 is 0 Å². The average molecular weight is 402 g/mol. The highest BCUT2D eigenvalue weighted by Gasteiger charge is 2.27. The molecule has 0 saturated carbocycles. The van der Waals surface area contributed by atoms with Gasteiger partial charge in [-0.2, -0.15) is 5.10 Å². The van der Waals surface area contributed by atoms with E-state index < -0.39 is 9.84 Å². The number of hydrogen-bond donors (Lipinski definition) is 2. The van der Waals surface area contributed by atoms with Gasteiger partial charge in [-0.15, -0.1) is 0 Å². The van der Waals surface area contributed by atoms with Gasteiger partial charge in [-0.25, -0.2) is 8.42 Å². The van der Waals surface area contributed by atoms with E-state index in [0.717, 1.165) is 24.8 Å². The highest BCUT2D eigenvalue weighted by molar-refractivity contribution is 7.90. The van der Waals surface area contributed by atoms with Crippen molar-refractivity contribution in [3.63, 3.8) is 0 Å². The van der Waals surface area contributed by atoms with Crippen LogP contribution in [0.1, 0.15) is 19.4 Å². The SMILES string of the molecule is C[C@H]1CCOC[C@@H]1n1nc(Nc2ccc(S(C)(=O)=O)cc2)c2c(=O)[nH]ccc21. The number of fused-ring (bicyclic) bond motifs is 1. The minimum Gasteiger partial charge on any atom is -0.379 e. The second-order valence-electron chi connectivity index (χ2n) is 7.19. The van der Waals surface area contributed by atoms with Crippen LogP contribution < -0.4 is 10.9 Å². The summed E-state index contributed by atoms with van der Waals surface area (Å²) in [4.78, 5) is 15.4. The van der Waals surface area contributed by atoms with Crippen molar-refractivity contribution in [2.75, 3.05) is 24.8 Å². The fourth-order valence-electron chi connectivity index (χ4n) is 3.50. The molecule has 3 aromatic rings. The minimum absolute atomic E-state index is 0.0428. The Balaban J connectivity index is 1.76. The van der Waals surface area contributed by atoms with Crippen molar-refractivity contribution in [2.45, 2.75) is 24.3 Å². The summed E-state index contributed by atoms with van der Waals surface area (Å²) in [6.45, 7) is 3.44. The number of ether oxygens (including phenoxy) is 1. The smallest absolute Gasteiger partial charge is 0.261 e. The molecule has 0 spiro atoms. The van der Waals surface area contributed by atoms with Gasteiger partial charge in [0.15, 0.2) is 15.7 Å². The second-order valence-corrected chi connectivity index (χ2v) is 9.21. The van der Waals surface area contributed by atoms with Gasteiger partial charge in [-0.1, -0.05) is 6.92 Å². The highest BCUT2D eigenvalue weighted by Crippen LogP contribution is 2.31. The number of benzene rings is 1. The number of H-pyrrole nitrogens is 1. The Morgan fingerprint density at radius 3 is 2.68 bits per heavy atom. The summed E-state index contributed by atoms with van der Waals surface area (Å²) in [5.41, 5.74) is 1.15. The molecule has 1 aliphatic heterocycles. The van der Waals surface area contributed by atoms with Crippen LogP contribution in [0, 0.1) is 5.92 Å². The molecule has 1 aliphatic rings. The summed E-state index contributed by atoms with van der Waals surface area (Å²) in [5.74, 6) is 0.805. The van der Waals surface area contributed by atoms with Crippen molar-refractivity contribution < 1.29 is 13.2 Å². The lowest BCUT2D eigenvalue weighted by atomic mass is 9.97. The first-order chi connectivity index (χ1) is 13.3. The Hall–Kier alpha value is -2.65. The summed E-state index contributed by atoms with van der Waals surface area (Å²) in [6.07, 6.45) is 3.71. The van der Waals surface area contributed by atoms with E-state index >= 15 is 0 Å². The minimum atomic E-state index is -3.27. The van der Waals surface area contributed by atoms with Crippen molar-refractivity contribution in [1.29, 1.82) is 0 Å². The van der Waals surface area contributed by atoms with Gasteiger partial charge in [0.1, 0.15) is 5.39 Å². The zero-order valence-corrected chi connectivity index (χ0v) is 16.5. The number of hydrogen-bond acceptors (Lipinski definition) is 6. The van der Waals surface area contributed by atoms with Crippen LogP contribution in [-0.4, -0.2) is 42.7 Å². The van der Waals surface area contributed by atoms with Gasteiger partial charge in [0.05, 0.1) is 23.1 Å². The molecule has 2 N–H and O–H groups in total. The summed E-state index contributed by atoms with van der Waals surface area (Å²) in [7, 11) is -3.27. The van der Waals surface area contributed by atoms with Crippen molar-refractivity contribution in [1.82, 2.24) is 14.8 Å². The summed E-state index contributed by atoms with van der Waals surface area (Å²) < 4.78 is 30.8. The van der Waals surface area contributed by atoms with Gasteiger partial charge >= 0.3 is 0 Å². The first kappa shape index (κ1) is 18.7. The van der Waals surface area contributed by atoms with Gasteiger partial charge in [0.25, 0.3) is 5.56 Å². The van der Waals surface area contributed by atoms with Crippen LogP contribution in [0.25, 0.3) is 10.9 Å². The zero-order valence-electron chi connectivity index (χ0n) is 15.7. The first-order valence-electron chi connectivity index (χ1n) is 9.09. The van der Waals surface area contributed by atoms with Gasteiger partial charge in [0.2, 0.25) is 0 Å². The van der Waals surface area contributed by atoms with Gasteiger partial charge in [0, 0.05) is 24.7 Å². The number of anilines is 2. The molecule has 28 heavy (non-hydrogen) atoms. The van der Waals surface area contributed by atoms with E-state index in [-0.39, 0.29) is 16.5 Å². The van der Waals surface area contributed by atoms with Crippen molar-refractivity contribution in [3.8, 4) is 0 Å².